The van der Waals surface area contributed by atoms with Crippen LogP contribution in [0, 0.1) is 11.3 Å². The van der Waals surface area contributed by atoms with E-state index in [2.05, 4.69) is 11.1 Å². The number of aromatic nitrogens is 1. The summed E-state index contributed by atoms with van der Waals surface area (Å²) in [7, 11) is 0. The molecule has 1 aromatic carbocycles. The number of hydrogen-bond donors (Lipinski definition) is 1. The molecule has 0 aliphatic rings. The van der Waals surface area contributed by atoms with Crippen LogP contribution in [0.25, 0.3) is 0 Å². The second kappa shape index (κ2) is 4.11. The van der Waals surface area contributed by atoms with E-state index < -0.39 is 0 Å². The third kappa shape index (κ3) is 2.33. The topological polar surface area (TPSA) is 62.7 Å². The van der Waals surface area contributed by atoms with E-state index in [4.69, 9.17) is 11.0 Å². The Kier molecular flexibility index (Phi) is 2.66. The molecule has 3 nitrogen and oxygen atoms in total. The molecule has 0 saturated heterocycles. The number of nitrogens with two attached hydrogens (primary N) is 1. The van der Waals surface area contributed by atoms with E-state index in [1.165, 1.54) is 11.3 Å². The van der Waals surface area contributed by atoms with Gasteiger partial charge in [0, 0.05) is 17.5 Å². The minimum atomic E-state index is 0.596. The molecule has 74 valence electrons. The SMILES string of the molecule is N#Cc1ccc(Cc2cnc(N)s2)cc1. The predicted octanol–water partition coefficient (Wildman–Crippen LogP) is 2.19. The van der Waals surface area contributed by atoms with Crippen LogP contribution in [0.15, 0.2) is 30.5 Å². The molecule has 0 spiro atoms. The molecule has 15 heavy (non-hydrogen) atoms. The van der Waals surface area contributed by atoms with Crippen LogP contribution < -0.4 is 5.73 Å². The molecule has 1 heterocycles. The summed E-state index contributed by atoms with van der Waals surface area (Å²) in [5, 5.41) is 9.24. The fourth-order valence-electron chi connectivity index (χ4n) is 1.30. The van der Waals surface area contributed by atoms with Gasteiger partial charge in [0.05, 0.1) is 11.6 Å². The van der Waals surface area contributed by atoms with E-state index in [0.29, 0.717) is 10.7 Å². The molecule has 0 aliphatic carbocycles. The number of nitrogen functional groups attached to an aromatic ring is 1. The molecule has 1 aromatic heterocycles. The number of anilines is 1. The van der Waals surface area contributed by atoms with Gasteiger partial charge in [0.15, 0.2) is 5.13 Å². The Morgan fingerprint density at radius 1 is 1.33 bits per heavy atom. The summed E-state index contributed by atoms with van der Waals surface area (Å²) < 4.78 is 0. The average molecular weight is 215 g/mol. The maximum absolute atomic E-state index is 8.65. The summed E-state index contributed by atoms with van der Waals surface area (Å²) in [4.78, 5) is 5.13. The van der Waals surface area contributed by atoms with Gasteiger partial charge >= 0.3 is 0 Å². The summed E-state index contributed by atoms with van der Waals surface area (Å²) in [5.74, 6) is 0. The maximum Gasteiger partial charge on any atom is 0.180 e. The van der Waals surface area contributed by atoms with Crippen molar-refractivity contribution in [2.45, 2.75) is 6.42 Å². The Morgan fingerprint density at radius 3 is 2.60 bits per heavy atom. The number of rotatable bonds is 2. The summed E-state index contributed by atoms with van der Waals surface area (Å²) in [5.41, 5.74) is 7.39. The van der Waals surface area contributed by atoms with Gasteiger partial charge in [0.1, 0.15) is 0 Å². The third-order valence-electron chi connectivity index (χ3n) is 2.03. The molecular formula is C11H9N3S. The van der Waals surface area contributed by atoms with Crippen LogP contribution in [0.4, 0.5) is 5.13 Å². The van der Waals surface area contributed by atoms with Crippen molar-refractivity contribution in [2.24, 2.45) is 0 Å². The average Bonchev–Trinajstić information content (AvgIpc) is 2.65. The normalized spacial score (nSPS) is 9.80. The number of nitrogens with zero attached hydrogens (tertiary/aromatic N) is 2. The van der Waals surface area contributed by atoms with E-state index in [-0.39, 0.29) is 0 Å². The van der Waals surface area contributed by atoms with E-state index >= 15 is 0 Å². The van der Waals surface area contributed by atoms with Gasteiger partial charge in [0.2, 0.25) is 0 Å². The quantitative estimate of drug-likeness (QED) is 0.835. The zero-order valence-electron chi connectivity index (χ0n) is 7.97. The van der Waals surface area contributed by atoms with Crippen molar-refractivity contribution in [3.63, 3.8) is 0 Å². The fraction of sp³-hybridized carbons (Fsp3) is 0.0909. The van der Waals surface area contributed by atoms with Crippen molar-refractivity contribution in [2.75, 3.05) is 5.73 Å². The Morgan fingerprint density at radius 2 is 2.07 bits per heavy atom. The van der Waals surface area contributed by atoms with Crippen LogP contribution >= 0.6 is 11.3 Å². The van der Waals surface area contributed by atoms with E-state index in [9.17, 15) is 0 Å². The number of nitriles is 1. The minimum Gasteiger partial charge on any atom is -0.375 e. The lowest BCUT2D eigenvalue weighted by molar-refractivity contribution is 1.22. The van der Waals surface area contributed by atoms with Gasteiger partial charge in [-0.3, -0.25) is 0 Å². The molecule has 0 bridgehead atoms. The molecule has 0 fully saturated rings. The van der Waals surface area contributed by atoms with Crippen molar-refractivity contribution in [1.82, 2.24) is 4.98 Å². The smallest absolute Gasteiger partial charge is 0.180 e. The van der Waals surface area contributed by atoms with E-state index in [0.717, 1.165) is 16.9 Å². The van der Waals surface area contributed by atoms with Crippen LogP contribution in [-0.2, 0) is 6.42 Å². The zero-order valence-corrected chi connectivity index (χ0v) is 8.79. The van der Waals surface area contributed by atoms with Gasteiger partial charge in [-0.25, -0.2) is 4.98 Å². The zero-order chi connectivity index (χ0) is 10.7. The first kappa shape index (κ1) is 9.69. The van der Waals surface area contributed by atoms with Crippen molar-refractivity contribution in [3.8, 4) is 6.07 Å². The van der Waals surface area contributed by atoms with E-state index in [1.807, 2.05) is 24.3 Å². The monoisotopic (exact) mass is 215 g/mol. The standard InChI is InChI=1S/C11H9N3S/c12-6-9-3-1-8(2-4-9)5-10-7-14-11(13)15-10/h1-4,7H,5H2,(H2,13,14). The minimum absolute atomic E-state index is 0.596. The highest BCUT2D eigenvalue weighted by atomic mass is 32.1. The lowest BCUT2D eigenvalue weighted by atomic mass is 10.1. The molecule has 2 N–H and O–H groups in total. The van der Waals surface area contributed by atoms with Crippen molar-refractivity contribution in [1.29, 1.82) is 5.26 Å². The Bertz CT molecular complexity index is 493. The first-order valence-corrected chi connectivity index (χ1v) is 5.29. The number of hydrogen-bond acceptors (Lipinski definition) is 4. The molecule has 0 amide bonds. The first-order valence-electron chi connectivity index (χ1n) is 4.47. The van der Waals surface area contributed by atoms with Crippen LogP contribution in [0.3, 0.4) is 0 Å². The molecule has 0 aliphatic heterocycles. The Hall–Kier alpha value is -1.86. The highest BCUT2D eigenvalue weighted by Gasteiger charge is 2.00. The first-order chi connectivity index (χ1) is 7.28. The van der Waals surface area contributed by atoms with Crippen LogP contribution in [0.5, 0.6) is 0 Å². The highest BCUT2D eigenvalue weighted by Crippen LogP contribution is 2.18. The molecular weight excluding hydrogens is 206 g/mol. The van der Waals surface area contributed by atoms with Gasteiger partial charge < -0.3 is 5.73 Å². The third-order valence-corrected chi connectivity index (χ3v) is 2.86. The largest absolute Gasteiger partial charge is 0.375 e. The summed E-state index contributed by atoms with van der Waals surface area (Å²) >= 11 is 1.49. The number of benzene rings is 1. The Labute approximate surface area is 91.8 Å². The molecule has 2 rings (SSSR count). The van der Waals surface area contributed by atoms with Gasteiger partial charge in [-0.15, -0.1) is 11.3 Å². The summed E-state index contributed by atoms with van der Waals surface area (Å²) in [6.07, 6.45) is 2.61. The van der Waals surface area contributed by atoms with Gasteiger partial charge in [-0.05, 0) is 17.7 Å². The van der Waals surface area contributed by atoms with Gasteiger partial charge in [-0.1, -0.05) is 12.1 Å². The highest BCUT2D eigenvalue weighted by molar-refractivity contribution is 7.15. The molecule has 0 saturated carbocycles. The van der Waals surface area contributed by atoms with Gasteiger partial charge in [-0.2, -0.15) is 5.26 Å². The van der Waals surface area contributed by atoms with E-state index in [1.54, 1.807) is 6.20 Å². The van der Waals surface area contributed by atoms with Gasteiger partial charge in [0.25, 0.3) is 0 Å². The lowest BCUT2D eigenvalue weighted by Gasteiger charge is -1.97. The Balaban J connectivity index is 2.15. The molecule has 2 aromatic rings. The second-order valence-corrected chi connectivity index (χ2v) is 4.30. The molecule has 0 unspecified atom stereocenters. The molecule has 4 heteroatoms. The second-order valence-electron chi connectivity index (χ2n) is 3.15. The van der Waals surface area contributed by atoms with Crippen LogP contribution in [0.2, 0.25) is 0 Å². The van der Waals surface area contributed by atoms with Crippen molar-refractivity contribution < 1.29 is 0 Å². The van der Waals surface area contributed by atoms with Crippen molar-refractivity contribution >= 4 is 16.5 Å². The summed E-state index contributed by atoms with van der Waals surface area (Å²) in [6, 6.07) is 9.64. The maximum atomic E-state index is 8.65. The van der Waals surface area contributed by atoms with Crippen LogP contribution in [0.1, 0.15) is 16.0 Å². The summed E-state index contributed by atoms with van der Waals surface area (Å²) in [6.45, 7) is 0. The fourth-order valence-corrected chi connectivity index (χ4v) is 2.02. The van der Waals surface area contributed by atoms with Crippen molar-refractivity contribution in [3.05, 3.63) is 46.5 Å². The van der Waals surface area contributed by atoms with Crippen LogP contribution in [-0.4, -0.2) is 4.98 Å². The molecule has 0 atom stereocenters. The number of thiazole rings is 1. The lowest BCUT2D eigenvalue weighted by Crippen LogP contribution is -1.84. The predicted molar refractivity (Wildman–Crippen MR) is 60.5 cm³/mol. The molecule has 0 radical (unpaired) electrons.